The Morgan fingerprint density at radius 1 is 1.60 bits per heavy atom. The molecule has 1 aromatic heterocycles. The Bertz CT molecular complexity index is 251. The average Bonchev–Trinajstić information content (AvgIpc) is 2.77. The molecule has 1 heterocycles. The molecule has 0 aliphatic rings. The van der Waals surface area contributed by atoms with Crippen molar-refractivity contribution in [3.8, 4) is 0 Å². The van der Waals surface area contributed by atoms with E-state index in [0.717, 1.165) is 18.8 Å². The molecule has 2 atom stereocenters. The lowest BCUT2D eigenvalue weighted by atomic mass is 10.1. The molecule has 0 aromatic carbocycles. The van der Waals surface area contributed by atoms with E-state index in [1.165, 1.54) is 4.88 Å². The van der Waals surface area contributed by atoms with E-state index in [9.17, 15) is 0 Å². The predicted octanol–water partition coefficient (Wildman–Crippen LogP) is 2.91. The molecule has 15 heavy (non-hydrogen) atoms. The first kappa shape index (κ1) is 13.0. The number of nitrogens with two attached hydrogens (primary N) is 1. The number of ether oxygens (including phenoxy) is 1. The first-order chi connectivity index (χ1) is 7.29. The van der Waals surface area contributed by atoms with Gasteiger partial charge in [-0.2, -0.15) is 0 Å². The second-order valence-corrected chi connectivity index (χ2v) is 5.60. The zero-order valence-electron chi connectivity index (χ0n) is 9.31. The Balaban J connectivity index is 2.54. The molecule has 0 radical (unpaired) electrons. The van der Waals surface area contributed by atoms with Gasteiger partial charge in [0.15, 0.2) is 0 Å². The van der Waals surface area contributed by atoms with Gasteiger partial charge in [0.1, 0.15) is 0 Å². The van der Waals surface area contributed by atoms with Crippen molar-refractivity contribution in [3.05, 3.63) is 22.4 Å². The van der Waals surface area contributed by atoms with Crippen molar-refractivity contribution in [2.45, 2.75) is 24.6 Å². The van der Waals surface area contributed by atoms with E-state index in [1.54, 1.807) is 18.4 Å². The number of thioether (sulfide) groups is 1. The zero-order valence-corrected chi connectivity index (χ0v) is 10.9. The topological polar surface area (TPSA) is 35.2 Å². The third-order valence-corrected chi connectivity index (χ3v) is 4.74. The van der Waals surface area contributed by atoms with E-state index in [2.05, 4.69) is 24.4 Å². The number of hydrogen-bond donors (Lipinski definition) is 1. The Labute approximate surface area is 100 Å². The predicted molar refractivity (Wildman–Crippen MR) is 69.7 cm³/mol. The standard InChI is InChI=1S/C11H19NOS2/c1-3-9(12)11(15-8-6-13-2)10-5-4-7-14-10/h4-5,7,9,11H,3,6,8,12H2,1-2H3. The van der Waals surface area contributed by atoms with Crippen LogP contribution in [0.4, 0.5) is 0 Å². The Morgan fingerprint density at radius 2 is 2.40 bits per heavy atom. The van der Waals surface area contributed by atoms with Crippen molar-refractivity contribution < 1.29 is 4.74 Å². The van der Waals surface area contributed by atoms with E-state index in [4.69, 9.17) is 10.5 Å². The fourth-order valence-electron chi connectivity index (χ4n) is 1.34. The molecule has 86 valence electrons. The van der Waals surface area contributed by atoms with E-state index in [1.807, 2.05) is 11.8 Å². The van der Waals surface area contributed by atoms with E-state index < -0.39 is 0 Å². The first-order valence-electron chi connectivity index (χ1n) is 5.19. The maximum absolute atomic E-state index is 6.14. The summed E-state index contributed by atoms with van der Waals surface area (Å²) >= 11 is 3.69. The van der Waals surface area contributed by atoms with Crippen LogP contribution in [0.1, 0.15) is 23.5 Å². The largest absolute Gasteiger partial charge is 0.384 e. The van der Waals surface area contributed by atoms with E-state index in [-0.39, 0.29) is 6.04 Å². The second kappa shape index (κ2) is 7.28. The van der Waals surface area contributed by atoms with Gasteiger partial charge in [-0.25, -0.2) is 0 Å². The first-order valence-corrected chi connectivity index (χ1v) is 7.12. The molecule has 0 spiro atoms. The third kappa shape index (κ3) is 4.15. The Kier molecular flexibility index (Phi) is 6.32. The molecule has 1 rings (SSSR count). The molecule has 0 aliphatic heterocycles. The van der Waals surface area contributed by atoms with Gasteiger partial charge in [0, 0.05) is 23.8 Å². The van der Waals surface area contributed by atoms with Crippen LogP contribution in [0.25, 0.3) is 0 Å². The van der Waals surface area contributed by atoms with Crippen LogP contribution >= 0.6 is 23.1 Å². The van der Waals surface area contributed by atoms with Gasteiger partial charge in [-0.1, -0.05) is 13.0 Å². The molecule has 0 aliphatic carbocycles. The van der Waals surface area contributed by atoms with Crippen LogP contribution in [0.15, 0.2) is 17.5 Å². The molecule has 2 nitrogen and oxygen atoms in total. The van der Waals surface area contributed by atoms with Gasteiger partial charge in [-0.15, -0.1) is 23.1 Å². The fraction of sp³-hybridized carbons (Fsp3) is 0.636. The molecular weight excluding hydrogens is 226 g/mol. The third-order valence-electron chi connectivity index (χ3n) is 2.27. The molecule has 0 fully saturated rings. The van der Waals surface area contributed by atoms with Crippen LogP contribution in [0.2, 0.25) is 0 Å². The van der Waals surface area contributed by atoms with Gasteiger partial charge in [0.2, 0.25) is 0 Å². The van der Waals surface area contributed by atoms with Crippen LogP contribution in [0, 0.1) is 0 Å². The molecule has 0 saturated heterocycles. The SMILES string of the molecule is CCC(N)C(SCCOC)c1cccs1. The molecule has 2 unspecified atom stereocenters. The van der Waals surface area contributed by atoms with Gasteiger partial charge >= 0.3 is 0 Å². The molecule has 2 N–H and O–H groups in total. The molecule has 1 aromatic rings. The zero-order chi connectivity index (χ0) is 11.1. The van der Waals surface area contributed by atoms with Crippen molar-refractivity contribution in [1.82, 2.24) is 0 Å². The van der Waals surface area contributed by atoms with Gasteiger partial charge in [0.05, 0.1) is 11.9 Å². The number of rotatable bonds is 7. The van der Waals surface area contributed by atoms with Gasteiger partial charge in [-0.3, -0.25) is 0 Å². The smallest absolute Gasteiger partial charge is 0.0553 e. The summed E-state index contributed by atoms with van der Waals surface area (Å²) in [7, 11) is 1.74. The van der Waals surface area contributed by atoms with Crippen molar-refractivity contribution in [1.29, 1.82) is 0 Å². The quantitative estimate of drug-likeness (QED) is 0.750. The van der Waals surface area contributed by atoms with Crippen LogP contribution in [0.5, 0.6) is 0 Å². The van der Waals surface area contributed by atoms with Gasteiger partial charge in [-0.05, 0) is 17.9 Å². The minimum Gasteiger partial charge on any atom is -0.384 e. The van der Waals surface area contributed by atoms with Crippen molar-refractivity contribution in [2.24, 2.45) is 5.73 Å². The number of methoxy groups -OCH3 is 1. The molecule has 4 heteroatoms. The number of hydrogen-bond acceptors (Lipinski definition) is 4. The van der Waals surface area contributed by atoms with Crippen LogP contribution in [-0.2, 0) is 4.74 Å². The summed E-state index contributed by atoms with van der Waals surface area (Å²) in [6.07, 6.45) is 1.02. The summed E-state index contributed by atoms with van der Waals surface area (Å²) in [5, 5.41) is 2.53. The van der Waals surface area contributed by atoms with E-state index >= 15 is 0 Å². The summed E-state index contributed by atoms with van der Waals surface area (Å²) in [5.74, 6) is 1.01. The highest BCUT2D eigenvalue weighted by atomic mass is 32.2. The fourth-order valence-corrected chi connectivity index (χ4v) is 3.69. The lowest BCUT2D eigenvalue weighted by molar-refractivity contribution is 0.218. The molecular formula is C11H19NOS2. The minimum absolute atomic E-state index is 0.241. The minimum atomic E-state index is 0.241. The number of thiophene rings is 1. The van der Waals surface area contributed by atoms with Crippen LogP contribution in [-0.4, -0.2) is 25.5 Å². The van der Waals surface area contributed by atoms with Crippen molar-refractivity contribution in [2.75, 3.05) is 19.5 Å². The Hall–Kier alpha value is -0.0300. The van der Waals surface area contributed by atoms with Crippen LogP contribution < -0.4 is 5.73 Å². The average molecular weight is 245 g/mol. The highest BCUT2D eigenvalue weighted by Crippen LogP contribution is 2.35. The monoisotopic (exact) mass is 245 g/mol. The molecule has 0 bridgehead atoms. The normalized spacial score (nSPS) is 15.1. The van der Waals surface area contributed by atoms with Gasteiger partial charge in [0.25, 0.3) is 0 Å². The van der Waals surface area contributed by atoms with Crippen LogP contribution in [0.3, 0.4) is 0 Å². The summed E-state index contributed by atoms with van der Waals surface area (Å²) in [4.78, 5) is 1.38. The molecule has 0 amide bonds. The van der Waals surface area contributed by atoms with E-state index in [0.29, 0.717) is 5.25 Å². The second-order valence-electron chi connectivity index (χ2n) is 3.37. The summed E-state index contributed by atoms with van der Waals surface area (Å²) in [5.41, 5.74) is 6.14. The highest BCUT2D eigenvalue weighted by molar-refractivity contribution is 7.99. The molecule has 0 saturated carbocycles. The highest BCUT2D eigenvalue weighted by Gasteiger charge is 2.19. The summed E-state index contributed by atoms with van der Waals surface area (Å²) in [6, 6.07) is 4.50. The maximum Gasteiger partial charge on any atom is 0.0553 e. The van der Waals surface area contributed by atoms with Crippen molar-refractivity contribution in [3.63, 3.8) is 0 Å². The summed E-state index contributed by atoms with van der Waals surface area (Å²) < 4.78 is 5.06. The lowest BCUT2D eigenvalue weighted by Gasteiger charge is -2.21. The maximum atomic E-state index is 6.14. The lowest BCUT2D eigenvalue weighted by Crippen LogP contribution is -2.25. The van der Waals surface area contributed by atoms with Gasteiger partial charge < -0.3 is 10.5 Å². The van der Waals surface area contributed by atoms with Crippen molar-refractivity contribution >= 4 is 23.1 Å². The Morgan fingerprint density at radius 3 is 2.93 bits per heavy atom. The summed E-state index contributed by atoms with van der Waals surface area (Å²) in [6.45, 7) is 2.94.